The van der Waals surface area contributed by atoms with Crippen molar-refractivity contribution in [2.24, 2.45) is 12.0 Å². The number of benzene rings is 2. The molecule has 2 aromatic carbocycles. The third-order valence-corrected chi connectivity index (χ3v) is 3.79. The van der Waals surface area contributed by atoms with Crippen molar-refractivity contribution < 1.29 is 4.79 Å². The van der Waals surface area contributed by atoms with Gasteiger partial charge in [-0.3, -0.25) is 10.1 Å². The average Bonchev–Trinajstić information content (AvgIpc) is 3.12. The van der Waals surface area contributed by atoms with Crippen LogP contribution in [0.25, 0.3) is 17.1 Å². The lowest BCUT2D eigenvalue weighted by atomic mass is 10.1. The molecule has 1 aliphatic rings. The number of hydrogen-bond acceptors (Lipinski definition) is 4. The first-order valence-corrected chi connectivity index (χ1v) is 7.54. The van der Waals surface area contributed by atoms with E-state index < -0.39 is 0 Å². The Balaban J connectivity index is 1.63. The van der Waals surface area contributed by atoms with Gasteiger partial charge in [0.15, 0.2) is 0 Å². The number of amides is 1. The molecular formula is C18H15N5O. The molecule has 0 bridgehead atoms. The number of guanidine groups is 1. The first-order chi connectivity index (χ1) is 11.7. The fraction of sp³-hybridized carbons (Fsp3) is 0.0556. The monoisotopic (exact) mass is 317 g/mol. The number of para-hydroxylation sites is 1. The maximum atomic E-state index is 12.1. The molecule has 6 heteroatoms. The summed E-state index contributed by atoms with van der Waals surface area (Å²) >= 11 is 0. The van der Waals surface area contributed by atoms with E-state index in [-0.39, 0.29) is 5.91 Å². The molecule has 0 atom stereocenters. The Hall–Kier alpha value is -3.41. The highest BCUT2D eigenvalue weighted by Crippen LogP contribution is 2.18. The van der Waals surface area contributed by atoms with Crippen LogP contribution in [0.1, 0.15) is 5.56 Å². The molecule has 24 heavy (non-hydrogen) atoms. The van der Waals surface area contributed by atoms with E-state index in [1.165, 1.54) is 0 Å². The van der Waals surface area contributed by atoms with E-state index >= 15 is 0 Å². The summed E-state index contributed by atoms with van der Waals surface area (Å²) in [4.78, 5) is 20.7. The lowest BCUT2D eigenvalue weighted by Crippen LogP contribution is -2.29. The Bertz CT molecular complexity index is 985. The topological polar surface area (TPSA) is 71.3 Å². The second-order valence-electron chi connectivity index (χ2n) is 5.54. The highest BCUT2D eigenvalue weighted by molar-refractivity contribution is 6.17. The second kappa shape index (κ2) is 5.66. The number of aliphatic imine (C=N–C) groups is 1. The molecule has 0 fully saturated rings. The highest BCUT2D eigenvalue weighted by atomic mass is 16.2. The molecule has 2 heterocycles. The number of nitrogens with one attached hydrogen (secondary N) is 2. The van der Waals surface area contributed by atoms with E-state index in [9.17, 15) is 4.79 Å². The molecule has 4 rings (SSSR count). The standard InChI is InChI=1S/C18H15N5O/c1-23-11-19-14-8-7-12(10-16(14)23)9-15-17(24)22-18(21-15)20-13-5-3-2-4-6-13/h2-11H,1H3,(H2,20,21,22,24). The highest BCUT2D eigenvalue weighted by Gasteiger charge is 2.20. The van der Waals surface area contributed by atoms with Crippen LogP contribution in [0.4, 0.5) is 5.69 Å². The minimum absolute atomic E-state index is 0.224. The van der Waals surface area contributed by atoms with E-state index in [2.05, 4.69) is 20.6 Å². The molecule has 1 amide bonds. The predicted octanol–water partition coefficient (Wildman–Crippen LogP) is 2.51. The summed E-state index contributed by atoms with van der Waals surface area (Å²) in [5.74, 6) is 0.206. The van der Waals surface area contributed by atoms with Crippen LogP contribution in [0.15, 0.2) is 65.5 Å². The average molecular weight is 317 g/mol. The number of anilines is 1. The minimum Gasteiger partial charge on any atom is -0.334 e. The van der Waals surface area contributed by atoms with Crippen LogP contribution in [0, 0.1) is 0 Å². The predicted molar refractivity (Wildman–Crippen MR) is 94.3 cm³/mol. The zero-order valence-corrected chi connectivity index (χ0v) is 13.0. The van der Waals surface area contributed by atoms with Gasteiger partial charge in [0.2, 0.25) is 5.96 Å². The van der Waals surface area contributed by atoms with Gasteiger partial charge in [-0.1, -0.05) is 24.3 Å². The van der Waals surface area contributed by atoms with E-state index in [1.807, 2.05) is 60.1 Å². The summed E-state index contributed by atoms with van der Waals surface area (Å²) in [6, 6.07) is 15.4. The molecule has 1 aliphatic heterocycles. The molecule has 2 N–H and O–H groups in total. The number of carbonyl (C=O) groups excluding carboxylic acids is 1. The van der Waals surface area contributed by atoms with Crippen LogP contribution in [-0.2, 0) is 11.8 Å². The summed E-state index contributed by atoms with van der Waals surface area (Å²) in [5.41, 5.74) is 4.07. The Morgan fingerprint density at radius 1 is 1.17 bits per heavy atom. The van der Waals surface area contributed by atoms with Crippen LogP contribution in [0.5, 0.6) is 0 Å². The van der Waals surface area contributed by atoms with Crippen molar-refractivity contribution in [3.05, 3.63) is 66.1 Å². The molecule has 0 unspecified atom stereocenters. The fourth-order valence-corrected chi connectivity index (χ4v) is 2.58. The summed E-state index contributed by atoms with van der Waals surface area (Å²) in [6.45, 7) is 0. The van der Waals surface area contributed by atoms with Gasteiger partial charge >= 0.3 is 0 Å². The van der Waals surface area contributed by atoms with Crippen LogP contribution in [-0.4, -0.2) is 21.4 Å². The van der Waals surface area contributed by atoms with Crippen molar-refractivity contribution in [1.29, 1.82) is 0 Å². The third kappa shape index (κ3) is 2.65. The van der Waals surface area contributed by atoms with Gasteiger partial charge in [-0.05, 0) is 35.9 Å². The third-order valence-electron chi connectivity index (χ3n) is 3.79. The SMILES string of the molecule is Cn1cnc2ccc(C=C3N=C(Nc4ccccc4)NC3=O)cc21. The van der Waals surface area contributed by atoms with Crippen molar-refractivity contribution >= 4 is 34.7 Å². The van der Waals surface area contributed by atoms with Crippen LogP contribution >= 0.6 is 0 Å². The Morgan fingerprint density at radius 3 is 2.83 bits per heavy atom. The lowest BCUT2D eigenvalue weighted by Gasteiger charge is -2.03. The molecule has 0 saturated carbocycles. The lowest BCUT2D eigenvalue weighted by molar-refractivity contribution is -0.115. The zero-order valence-electron chi connectivity index (χ0n) is 13.0. The molecule has 3 aromatic rings. The molecule has 6 nitrogen and oxygen atoms in total. The normalized spacial score (nSPS) is 15.6. The quantitative estimate of drug-likeness (QED) is 0.713. The number of imidazole rings is 1. The van der Waals surface area contributed by atoms with Gasteiger partial charge in [-0.2, -0.15) is 0 Å². The van der Waals surface area contributed by atoms with Gasteiger partial charge in [0.1, 0.15) is 5.70 Å². The maximum absolute atomic E-state index is 12.1. The zero-order chi connectivity index (χ0) is 16.5. The number of nitrogens with zero attached hydrogens (tertiary/aromatic N) is 3. The van der Waals surface area contributed by atoms with Crippen LogP contribution in [0.2, 0.25) is 0 Å². The second-order valence-corrected chi connectivity index (χ2v) is 5.54. The van der Waals surface area contributed by atoms with Crippen molar-refractivity contribution in [1.82, 2.24) is 14.9 Å². The van der Waals surface area contributed by atoms with E-state index in [4.69, 9.17) is 0 Å². The van der Waals surface area contributed by atoms with Gasteiger partial charge in [-0.25, -0.2) is 9.98 Å². The summed E-state index contributed by atoms with van der Waals surface area (Å²) in [7, 11) is 1.94. The molecule has 1 aromatic heterocycles. The number of aryl methyl sites for hydroxylation is 1. The van der Waals surface area contributed by atoms with E-state index in [0.717, 1.165) is 22.3 Å². The molecule has 118 valence electrons. The van der Waals surface area contributed by atoms with Gasteiger partial charge in [0.05, 0.1) is 17.4 Å². The Labute approximate surface area is 138 Å². The van der Waals surface area contributed by atoms with Crippen LogP contribution in [0.3, 0.4) is 0 Å². The van der Waals surface area contributed by atoms with Crippen LogP contribution < -0.4 is 10.6 Å². The molecule has 0 radical (unpaired) electrons. The van der Waals surface area contributed by atoms with Crippen molar-refractivity contribution in [2.45, 2.75) is 0 Å². The molecule has 0 spiro atoms. The largest absolute Gasteiger partial charge is 0.334 e. The minimum atomic E-state index is -0.224. The first kappa shape index (κ1) is 14.2. The van der Waals surface area contributed by atoms with Gasteiger partial charge < -0.3 is 9.88 Å². The smallest absolute Gasteiger partial charge is 0.276 e. The molecule has 0 saturated heterocycles. The number of aromatic nitrogens is 2. The first-order valence-electron chi connectivity index (χ1n) is 7.54. The molecule has 0 aliphatic carbocycles. The number of fused-ring (bicyclic) bond motifs is 1. The summed E-state index contributed by atoms with van der Waals surface area (Å²) in [6.07, 6.45) is 3.53. The summed E-state index contributed by atoms with van der Waals surface area (Å²) in [5, 5.41) is 5.82. The van der Waals surface area contributed by atoms with Crippen molar-refractivity contribution in [2.75, 3.05) is 5.32 Å². The van der Waals surface area contributed by atoms with Crippen molar-refractivity contribution in [3.63, 3.8) is 0 Å². The van der Waals surface area contributed by atoms with E-state index in [0.29, 0.717) is 11.7 Å². The maximum Gasteiger partial charge on any atom is 0.276 e. The Kier molecular flexibility index (Phi) is 3.35. The number of carbonyl (C=O) groups is 1. The van der Waals surface area contributed by atoms with Gasteiger partial charge in [0.25, 0.3) is 5.91 Å². The van der Waals surface area contributed by atoms with Gasteiger partial charge in [-0.15, -0.1) is 0 Å². The molecular weight excluding hydrogens is 302 g/mol. The fourth-order valence-electron chi connectivity index (χ4n) is 2.58. The van der Waals surface area contributed by atoms with Crippen molar-refractivity contribution in [3.8, 4) is 0 Å². The number of hydrogen-bond donors (Lipinski definition) is 2. The Morgan fingerprint density at radius 2 is 2.00 bits per heavy atom. The van der Waals surface area contributed by atoms with Gasteiger partial charge in [0, 0.05) is 12.7 Å². The number of rotatable bonds is 2. The van der Waals surface area contributed by atoms with E-state index in [1.54, 1.807) is 12.4 Å². The summed E-state index contributed by atoms with van der Waals surface area (Å²) < 4.78 is 1.94.